The number of unbranched alkanes of at least 4 members (excludes halogenated alkanes) is 1. The van der Waals surface area contributed by atoms with E-state index >= 15 is 37.5 Å². The van der Waals surface area contributed by atoms with Crippen molar-refractivity contribution in [1.82, 2.24) is 72.0 Å². The molecule has 0 saturated carbocycles. The first kappa shape index (κ1) is 107. The van der Waals surface area contributed by atoms with E-state index in [1.54, 1.807) is 112 Å². The highest BCUT2D eigenvalue weighted by atomic mass is 32.2. The number of carboxylic acid groups (broad SMARTS) is 2. The van der Waals surface area contributed by atoms with Gasteiger partial charge in [-0.15, -0.1) is 11.8 Å². The number of likely N-dealkylation sites (tertiary alicyclic amines) is 2. The van der Waals surface area contributed by atoms with E-state index in [1.165, 1.54) is 38.4 Å². The lowest BCUT2D eigenvalue weighted by atomic mass is 9.99. The van der Waals surface area contributed by atoms with Crippen LogP contribution >= 0.6 is 11.8 Å². The molecule has 135 heavy (non-hydrogen) atoms. The SMILES string of the molecule is CCCC[C@@H](C(=O)N1C[C@H](O)C[C@@H]1C(=O)N[C@H](C=O)CC(=O)O)N(C)C(=O)C(Cc1ccccc1)N(C)C(=O)[C@H](Cc1cc(F)c(F)c(F)c1)NC(=O)CSC[C@H](NC(=O)[C@H](CCCN)NC(=O)[C@H](Cc1ccc(O)cc1)NC(=O)[C@H](Cc1c[nH]c2ccccc12)NC(=O)[C@H]1C[C@H](O)CN1C(=O)[C@H](CCC(=O)O)NC(=O)C(Cc1ccccc1)N(C)C(=O)[C@@H](N)C(C)C)C(=O)NCC(N)=O. The van der Waals surface area contributed by atoms with Crippen molar-refractivity contribution in [1.29, 1.82) is 0 Å². The number of phenols is 1. The van der Waals surface area contributed by atoms with Gasteiger partial charge in [-0.2, -0.15) is 0 Å². The lowest BCUT2D eigenvalue weighted by Gasteiger charge is -2.37. The number of para-hydroxylation sites is 1. The molecular formula is C92H118F3N17O22S. The summed E-state index contributed by atoms with van der Waals surface area (Å²) < 4.78 is 44.8. The molecule has 0 spiro atoms. The number of rotatable bonds is 51. The molecule has 39 nitrogen and oxygen atoms in total. The van der Waals surface area contributed by atoms with Crippen LogP contribution in [0.3, 0.4) is 0 Å². The van der Waals surface area contributed by atoms with E-state index in [-0.39, 0.29) is 75.0 Å². The number of nitrogens with two attached hydrogens (primary N) is 3. The number of aromatic nitrogens is 1. The molecule has 8 rings (SSSR count). The van der Waals surface area contributed by atoms with Gasteiger partial charge < -0.3 is 120 Å². The van der Waals surface area contributed by atoms with Crippen LogP contribution in [-0.4, -0.2) is 306 Å². The number of aromatic amines is 1. The number of nitrogens with one attached hydrogen (secondary N) is 9. The van der Waals surface area contributed by atoms with Crippen molar-refractivity contribution in [2.45, 2.75) is 208 Å². The smallest absolute Gasteiger partial charge is 0.305 e. The summed E-state index contributed by atoms with van der Waals surface area (Å²) in [6.45, 7) is 3.31. The molecule has 2 fully saturated rings. The Morgan fingerprint density at radius 1 is 0.548 bits per heavy atom. The monoisotopic (exact) mass is 1900 g/mol. The minimum Gasteiger partial charge on any atom is -0.508 e. The molecule has 3 heterocycles. The highest BCUT2D eigenvalue weighted by molar-refractivity contribution is 8.00. The van der Waals surface area contributed by atoms with E-state index < -0.39 is 273 Å². The van der Waals surface area contributed by atoms with Gasteiger partial charge in [-0.25, -0.2) is 13.2 Å². The number of aliphatic hydroxyl groups is 2. The third-order valence-corrected chi connectivity index (χ3v) is 24.4. The van der Waals surface area contributed by atoms with Gasteiger partial charge in [0, 0.05) is 108 Å². The van der Waals surface area contributed by atoms with Gasteiger partial charge in [0.25, 0.3) is 0 Å². The van der Waals surface area contributed by atoms with Crippen LogP contribution in [0.5, 0.6) is 5.75 Å². The lowest BCUT2D eigenvalue weighted by molar-refractivity contribution is -0.152. The van der Waals surface area contributed by atoms with E-state index in [4.69, 9.17) is 17.2 Å². The molecule has 2 aliphatic rings. The van der Waals surface area contributed by atoms with Gasteiger partial charge >= 0.3 is 11.9 Å². The standard InChI is InChI=1S/C92H118F3N17O22S/c1-7-8-25-70(91(133)112-46-59(116)41-72(112)86(128)101-56(47-113)40-78(121)122)108(4)90(132)74(38-52-20-13-10-14-21-52)110(6)88(130)68(36-54-33-61(93)79(95)62(94)34-54)102-76(118)49-135-48-69(81(123)100-44-75(97)117)107-82(124)64(24-17-32-96)103-83(125)66(35-53-26-28-57(114)29-27-53)105-84(126)67(39-55-43-99-63-23-16-15-22-60(55)63)106-87(129)73-42-58(115)45-111(73)89(131)65(30-31-77(119)120)104-85(127)71(37-51-18-11-9-12-19-51)109(5)92(134)80(98)50(2)3/h9-16,18-23,26-29,33-34,43,47,50,56,58-59,64-74,80,99,114-116H,7-8,17,24-25,30-32,35-42,44-46,48-49,96,98H2,1-6H3,(H2,97,117)(H,100,123)(H,101,128)(H,102,118)(H,103,125)(H,104,127)(H,105,126)(H,106,129)(H,107,124)(H,119,120)(H,121,122)/t56-,58-,59+,64-,65-,66-,67-,68-,69-,70-,71?,72+,73+,74?,80-/m0/s1. The third kappa shape index (κ3) is 30.8. The molecule has 0 aliphatic carbocycles. The number of carbonyl (C=O) groups excluding carboxylic acids is 15. The Hall–Kier alpha value is -13.4. The Morgan fingerprint density at radius 2 is 1.07 bits per heavy atom. The average molecular weight is 1900 g/mol. The van der Waals surface area contributed by atoms with E-state index in [0.717, 1.165) is 31.5 Å². The average Bonchev–Trinajstić information content (AvgIpc) is 1.77. The number of aliphatic carboxylic acids is 2. The number of hydrogen-bond acceptors (Lipinski definition) is 23. The summed E-state index contributed by atoms with van der Waals surface area (Å²) in [6, 6.07) is 9.53. The number of aliphatic hydroxyl groups excluding tert-OH is 2. The summed E-state index contributed by atoms with van der Waals surface area (Å²) >= 11 is 0.622. The summed E-state index contributed by atoms with van der Waals surface area (Å²) in [5.74, 6) is -23.8. The van der Waals surface area contributed by atoms with Gasteiger partial charge in [0.2, 0.25) is 82.7 Å². The second-order valence-corrected chi connectivity index (χ2v) is 34.9. The van der Waals surface area contributed by atoms with Crippen molar-refractivity contribution in [3.05, 3.63) is 173 Å². The molecule has 2 unspecified atom stereocenters. The number of likely N-dealkylation sites (N-methyl/N-ethyl adjacent to an activating group) is 3. The number of thioether (sulfide) groups is 1. The molecule has 43 heteroatoms. The maximum atomic E-state index is 15.4. The number of nitrogens with zero attached hydrogens (tertiary/aromatic N) is 5. The molecule has 14 amide bonds. The molecule has 6 aromatic rings. The van der Waals surface area contributed by atoms with Crippen LogP contribution in [-0.2, 0) is 114 Å². The first-order valence-corrected chi connectivity index (χ1v) is 45.2. The highest BCUT2D eigenvalue weighted by Gasteiger charge is 2.48. The minimum absolute atomic E-state index is 0.0109. The van der Waals surface area contributed by atoms with E-state index in [9.17, 15) is 82.7 Å². The van der Waals surface area contributed by atoms with Crippen LogP contribution < -0.4 is 59.7 Å². The fourth-order valence-corrected chi connectivity index (χ4v) is 16.7. The Labute approximate surface area is 780 Å². The molecule has 0 bridgehead atoms. The molecule has 5 aromatic carbocycles. The highest BCUT2D eigenvalue weighted by Crippen LogP contribution is 2.29. The van der Waals surface area contributed by atoms with Gasteiger partial charge in [0.15, 0.2) is 17.5 Å². The zero-order valence-corrected chi connectivity index (χ0v) is 76.3. The van der Waals surface area contributed by atoms with Crippen molar-refractivity contribution in [2.24, 2.45) is 23.1 Å². The van der Waals surface area contributed by atoms with E-state index in [0.29, 0.717) is 69.9 Å². The lowest BCUT2D eigenvalue weighted by Crippen LogP contribution is -2.61. The number of aldehydes is 1. The molecule has 730 valence electrons. The normalized spacial score (nSPS) is 17.1. The van der Waals surface area contributed by atoms with Crippen molar-refractivity contribution < 1.29 is 120 Å². The third-order valence-electron chi connectivity index (χ3n) is 23.3. The van der Waals surface area contributed by atoms with Gasteiger partial charge in [-0.05, 0) is 96.3 Å². The number of benzene rings is 5. The van der Waals surface area contributed by atoms with Crippen LogP contribution in [0.25, 0.3) is 10.9 Å². The minimum atomic E-state index is -1.90. The zero-order chi connectivity index (χ0) is 99.2. The summed E-state index contributed by atoms with van der Waals surface area (Å²) in [7, 11) is 3.77. The van der Waals surface area contributed by atoms with E-state index in [1.807, 2.05) is 0 Å². The Morgan fingerprint density at radius 3 is 1.64 bits per heavy atom. The molecule has 15 atom stereocenters. The Balaban J connectivity index is 1.05. The van der Waals surface area contributed by atoms with Crippen molar-refractivity contribution in [2.75, 3.05) is 58.8 Å². The van der Waals surface area contributed by atoms with Crippen LogP contribution in [0.15, 0.2) is 128 Å². The summed E-state index contributed by atoms with van der Waals surface area (Å²) in [6.07, 6.45) is -5.37. The van der Waals surface area contributed by atoms with Crippen LogP contribution in [0.1, 0.15) is 113 Å². The quantitative estimate of drug-likeness (QED) is 0.0167. The second-order valence-electron chi connectivity index (χ2n) is 33.8. The van der Waals surface area contributed by atoms with Gasteiger partial charge in [-0.1, -0.05) is 125 Å². The van der Waals surface area contributed by atoms with Gasteiger partial charge in [0.1, 0.15) is 78.5 Å². The topological polar surface area (TPSA) is 598 Å². The Bertz CT molecular complexity index is 5180. The van der Waals surface area contributed by atoms with E-state index in [2.05, 4.69) is 47.5 Å². The number of aromatic hydroxyl groups is 1. The molecule has 2 aliphatic heterocycles. The number of hydrogen-bond donors (Lipinski definition) is 17. The molecule has 2 saturated heterocycles. The first-order valence-electron chi connectivity index (χ1n) is 44.0. The number of fused-ring (bicyclic) bond motifs is 1. The molecule has 20 N–H and O–H groups in total. The van der Waals surface area contributed by atoms with Crippen LogP contribution in [0.2, 0.25) is 0 Å². The molecule has 1 aromatic heterocycles. The first-order chi connectivity index (χ1) is 64.1. The predicted octanol–water partition coefficient (Wildman–Crippen LogP) is -0.612. The Kier molecular flexibility index (Phi) is 40.5. The maximum absolute atomic E-state index is 15.4. The van der Waals surface area contributed by atoms with Crippen LogP contribution in [0.4, 0.5) is 13.2 Å². The number of H-pyrrole nitrogens is 1. The number of β-amino-alcohol motifs (C(OH)–C–C–N with tert-alkyl or cyclic N) is 2. The largest absolute Gasteiger partial charge is 0.508 e. The second kappa shape index (κ2) is 51.2. The number of amides is 14. The van der Waals surface area contributed by atoms with Crippen LogP contribution in [0, 0.1) is 23.4 Å². The maximum Gasteiger partial charge on any atom is 0.305 e. The van der Waals surface area contributed by atoms with Crippen molar-refractivity contribution in [3.8, 4) is 5.75 Å². The van der Waals surface area contributed by atoms with Gasteiger partial charge in [0.05, 0.1) is 43.0 Å². The predicted molar refractivity (Wildman–Crippen MR) is 485 cm³/mol. The van der Waals surface area contributed by atoms with Crippen molar-refractivity contribution >= 4 is 124 Å². The van der Waals surface area contributed by atoms with Gasteiger partial charge in [-0.3, -0.25) is 76.7 Å². The fourth-order valence-electron chi connectivity index (χ4n) is 15.8. The summed E-state index contributed by atoms with van der Waals surface area (Å²) in [5, 5.41) is 72.6. The number of carbonyl (C=O) groups is 17. The molecule has 0 radical (unpaired) electrons. The summed E-state index contributed by atoms with van der Waals surface area (Å²) in [4.78, 5) is 248. The van der Waals surface area contributed by atoms with Crippen molar-refractivity contribution in [3.63, 3.8) is 0 Å². The zero-order valence-electron chi connectivity index (χ0n) is 75.5. The number of carboxylic acids is 2. The number of phenolic OH excluding ortho intramolecular Hbond substituents is 1. The number of primary amides is 1. The fraction of sp³-hybridized carbons (Fsp3) is 0.467. The molecular weight excluding hydrogens is 1780 g/mol. The summed E-state index contributed by atoms with van der Waals surface area (Å²) in [5.41, 5.74) is 19.7. The number of halogens is 3.